The van der Waals surface area contributed by atoms with Gasteiger partial charge in [0.1, 0.15) is 0 Å². The molecule has 1 aromatic rings. The van der Waals surface area contributed by atoms with E-state index in [-0.39, 0.29) is 5.91 Å². The quantitative estimate of drug-likeness (QED) is 0.762. The maximum atomic E-state index is 12.6. The van der Waals surface area contributed by atoms with Gasteiger partial charge in [-0.15, -0.1) is 11.6 Å². The van der Waals surface area contributed by atoms with Crippen LogP contribution in [0.4, 0.5) is 0 Å². The summed E-state index contributed by atoms with van der Waals surface area (Å²) in [4.78, 5) is 14.5. The molecule has 0 unspecified atom stereocenters. The van der Waals surface area contributed by atoms with Gasteiger partial charge in [-0.3, -0.25) is 4.79 Å². The van der Waals surface area contributed by atoms with E-state index in [1.165, 1.54) is 12.8 Å². The van der Waals surface area contributed by atoms with E-state index in [2.05, 4.69) is 15.9 Å². The minimum absolute atomic E-state index is 0.0926. The van der Waals surface area contributed by atoms with E-state index >= 15 is 0 Å². The number of nitrogens with zero attached hydrogens (tertiary/aromatic N) is 1. The van der Waals surface area contributed by atoms with Crippen LogP contribution in [0.25, 0.3) is 0 Å². The lowest BCUT2D eigenvalue weighted by atomic mass is 10.1. The van der Waals surface area contributed by atoms with Crippen LogP contribution >= 0.6 is 27.5 Å². The molecule has 4 heteroatoms. The van der Waals surface area contributed by atoms with Crippen LogP contribution in [-0.2, 0) is 0 Å². The van der Waals surface area contributed by atoms with Gasteiger partial charge in [0, 0.05) is 22.9 Å². The minimum Gasteiger partial charge on any atom is -0.334 e. The molecule has 0 aliphatic heterocycles. The smallest absolute Gasteiger partial charge is 0.255 e. The molecule has 0 saturated heterocycles. The van der Waals surface area contributed by atoms with Crippen LogP contribution in [0.3, 0.4) is 0 Å². The molecule has 98 valence electrons. The third-order valence-corrected chi connectivity index (χ3v) is 4.32. The topological polar surface area (TPSA) is 20.3 Å². The lowest BCUT2D eigenvalue weighted by Crippen LogP contribution is -2.40. The summed E-state index contributed by atoms with van der Waals surface area (Å²) in [6, 6.07) is 7.94. The highest BCUT2D eigenvalue weighted by Crippen LogP contribution is 2.26. The summed E-state index contributed by atoms with van der Waals surface area (Å²) in [5, 5.41) is 0. The maximum absolute atomic E-state index is 12.6. The molecule has 1 amide bonds. The number of hydrogen-bond acceptors (Lipinski definition) is 1. The molecule has 18 heavy (non-hydrogen) atoms. The Bertz CT molecular complexity index is 418. The van der Waals surface area contributed by atoms with Crippen LogP contribution < -0.4 is 0 Å². The zero-order valence-electron chi connectivity index (χ0n) is 10.2. The SMILES string of the molecule is O=C(c1ccccc1Br)N(CCCl)C1CCCC1. The summed E-state index contributed by atoms with van der Waals surface area (Å²) >= 11 is 9.28. The summed E-state index contributed by atoms with van der Waals surface area (Å²) in [7, 11) is 0. The second-order valence-corrected chi connectivity index (χ2v) is 5.84. The first-order valence-corrected chi connectivity index (χ1v) is 7.68. The highest BCUT2D eigenvalue weighted by molar-refractivity contribution is 9.10. The minimum atomic E-state index is 0.0926. The van der Waals surface area contributed by atoms with Crippen molar-refractivity contribution < 1.29 is 4.79 Å². The second kappa shape index (κ2) is 6.58. The molecule has 1 aromatic carbocycles. The molecule has 0 spiro atoms. The number of rotatable bonds is 4. The molecule has 1 fully saturated rings. The lowest BCUT2D eigenvalue weighted by Gasteiger charge is -2.28. The third kappa shape index (κ3) is 3.07. The Morgan fingerprint density at radius 3 is 2.61 bits per heavy atom. The molecule has 1 saturated carbocycles. The van der Waals surface area contributed by atoms with Crippen molar-refractivity contribution in [2.75, 3.05) is 12.4 Å². The first kappa shape index (κ1) is 13.9. The van der Waals surface area contributed by atoms with Crippen molar-refractivity contribution in [3.8, 4) is 0 Å². The summed E-state index contributed by atoms with van der Waals surface area (Å²) < 4.78 is 0.854. The Balaban J connectivity index is 2.20. The fourth-order valence-electron chi connectivity index (χ4n) is 2.55. The maximum Gasteiger partial charge on any atom is 0.255 e. The Morgan fingerprint density at radius 2 is 2.00 bits per heavy atom. The van der Waals surface area contributed by atoms with Crippen LogP contribution in [0.15, 0.2) is 28.7 Å². The van der Waals surface area contributed by atoms with E-state index in [1.54, 1.807) is 0 Å². The molecule has 0 atom stereocenters. The van der Waals surface area contributed by atoms with Gasteiger partial charge in [0.15, 0.2) is 0 Å². The number of hydrogen-bond donors (Lipinski definition) is 0. The van der Waals surface area contributed by atoms with Crippen molar-refractivity contribution in [1.82, 2.24) is 4.90 Å². The molecule has 0 radical (unpaired) electrons. The van der Waals surface area contributed by atoms with Gasteiger partial charge in [-0.25, -0.2) is 0 Å². The second-order valence-electron chi connectivity index (χ2n) is 4.61. The standard InChI is InChI=1S/C14H17BrClNO/c15-13-8-4-3-7-12(13)14(18)17(10-9-16)11-5-1-2-6-11/h3-4,7-8,11H,1-2,5-6,9-10H2. The molecule has 1 aliphatic carbocycles. The number of carbonyl (C=O) groups excluding carboxylic acids is 1. The van der Waals surface area contributed by atoms with E-state index in [0.29, 0.717) is 18.5 Å². The first-order chi connectivity index (χ1) is 8.74. The van der Waals surface area contributed by atoms with E-state index in [4.69, 9.17) is 11.6 Å². The van der Waals surface area contributed by atoms with E-state index in [0.717, 1.165) is 22.9 Å². The van der Waals surface area contributed by atoms with Gasteiger partial charge in [-0.1, -0.05) is 25.0 Å². The molecule has 0 N–H and O–H groups in total. The van der Waals surface area contributed by atoms with Crippen molar-refractivity contribution in [3.05, 3.63) is 34.3 Å². The zero-order chi connectivity index (χ0) is 13.0. The average molecular weight is 331 g/mol. The van der Waals surface area contributed by atoms with E-state index in [1.807, 2.05) is 29.2 Å². The van der Waals surface area contributed by atoms with Crippen LogP contribution in [0.1, 0.15) is 36.0 Å². The number of alkyl halides is 1. The van der Waals surface area contributed by atoms with Gasteiger partial charge in [-0.2, -0.15) is 0 Å². The summed E-state index contributed by atoms with van der Waals surface area (Å²) in [5.74, 6) is 0.585. The van der Waals surface area contributed by atoms with Crippen LogP contribution in [0.2, 0.25) is 0 Å². The van der Waals surface area contributed by atoms with Crippen molar-refractivity contribution in [3.63, 3.8) is 0 Å². The van der Waals surface area contributed by atoms with Crippen LogP contribution in [0.5, 0.6) is 0 Å². The molecule has 2 rings (SSSR count). The van der Waals surface area contributed by atoms with Gasteiger partial charge in [0.05, 0.1) is 5.56 Å². The molecular weight excluding hydrogens is 314 g/mol. The van der Waals surface area contributed by atoms with E-state index < -0.39 is 0 Å². The Morgan fingerprint density at radius 1 is 1.33 bits per heavy atom. The summed E-state index contributed by atoms with van der Waals surface area (Å²) in [6.07, 6.45) is 4.64. The van der Waals surface area contributed by atoms with Gasteiger partial charge < -0.3 is 4.90 Å². The molecule has 0 bridgehead atoms. The molecule has 0 aromatic heterocycles. The number of amides is 1. The van der Waals surface area contributed by atoms with Crippen molar-refractivity contribution in [1.29, 1.82) is 0 Å². The van der Waals surface area contributed by atoms with Crippen LogP contribution in [0, 0.1) is 0 Å². The predicted molar refractivity (Wildman–Crippen MR) is 78.2 cm³/mol. The first-order valence-electron chi connectivity index (χ1n) is 6.35. The Kier molecular flexibility index (Phi) is 5.07. The highest BCUT2D eigenvalue weighted by atomic mass is 79.9. The monoisotopic (exact) mass is 329 g/mol. The molecule has 2 nitrogen and oxygen atoms in total. The third-order valence-electron chi connectivity index (χ3n) is 3.46. The lowest BCUT2D eigenvalue weighted by molar-refractivity contribution is 0.0694. The van der Waals surface area contributed by atoms with Gasteiger partial charge in [0.25, 0.3) is 5.91 Å². The van der Waals surface area contributed by atoms with Gasteiger partial charge >= 0.3 is 0 Å². The van der Waals surface area contributed by atoms with Crippen molar-refractivity contribution in [2.45, 2.75) is 31.7 Å². The number of carbonyl (C=O) groups is 1. The number of halogens is 2. The Hall–Kier alpha value is -0.540. The molecule has 1 aliphatic rings. The van der Waals surface area contributed by atoms with Crippen molar-refractivity contribution in [2.24, 2.45) is 0 Å². The average Bonchev–Trinajstić information content (AvgIpc) is 2.89. The van der Waals surface area contributed by atoms with Gasteiger partial charge in [-0.05, 0) is 40.9 Å². The summed E-state index contributed by atoms with van der Waals surface area (Å²) in [6.45, 7) is 0.631. The van der Waals surface area contributed by atoms with Crippen molar-refractivity contribution >= 4 is 33.4 Å². The Labute approximate surface area is 121 Å². The zero-order valence-corrected chi connectivity index (χ0v) is 12.6. The van der Waals surface area contributed by atoms with E-state index in [9.17, 15) is 4.79 Å². The fourth-order valence-corrected chi connectivity index (χ4v) is 3.18. The number of benzene rings is 1. The van der Waals surface area contributed by atoms with Crippen LogP contribution in [-0.4, -0.2) is 29.3 Å². The highest BCUT2D eigenvalue weighted by Gasteiger charge is 2.27. The molecular formula is C14H17BrClNO. The largest absolute Gasteiger partial charge is 0.334 e. The summed E-state index contributed by atoms with van der Waals surface area (Å²) in [5.41, 5.74) is 0.731. The predicted octanol–water partition coefficient (Wildman–Crippen LogP) is 4.07. The molecule has 0 heterocycles. The normalized spacial score (nSPS) is 15.9. The fraction of sp³-hybridized carbons (Fsp3) is 0.500. The van der Waals surface area contributed by atoms with Gasteiger partial charge in [0.2, 0.25) is 0 Å².